The van der Waals surface area contributed by atoms with E-state index in [9.17, 15) is 8.42 Å². The van der Waals surface area contributed by atoms with Gasteiger partial charge in [0.15, 0.2) is 0 Å². The Kier molecular flexibility index (Phi) is 6.19. The Labute approximate surface area is 130 Å². The van der Waals surface area contributed by atoms with Gasteiger partial charge in [-0.25, -0.2) is 8.42 Å². The summed E-state index contributed by atoms with van der Waals surface area (Å²) in [6, 6.07) is 6.73. The van der Waals surface area contributed by atoms with Crippen molar-refractivity contribution in [3.63, 3.8) is 0 Å². The Balaban J connectivity index is 3.09. The summed E-state index contributed by atoms with van der Waals surface area (Å²) in [5, 5.41) is 0. The first kappa shape index (κ1) is 17.6. The van der Waals surface area contributed by atoms with Gasteiger partial charge in [-0.2, -0.15) is 4.31 Å². The molecule has 0 aromatic heterocycles. The van der Waals surface area contributed by atoms with Gasteiger partial charge in [-0.05, 0) is 42.6 Å². The van der Waals surface area contributed by atoms with Crippen LogP contribution in [0.5, 0.6) is 0 Å². The van der Waals surface area contributed by atoms with Crippen LogP contribution in [0.1, 0.15) is 27.2 Å². The van der Waals surface area contributed by atoms with Crippen molar-refractivity contribution in [3.8, 4) is 0 Å². The predicted octanol–water partition coefficient (Wildman–Crippen LogP) is 2.83. The molecule has 0 heterocycles. The second-order valence-electron chi connectivity index (χ2n) is 5.66. The molecule has 0 atom stereocenters. The van der Waals surface area contributed by atoms with Crippen LogP contribution in [0.4, 0.5) is 0 Å². The van der Waals surface area contributed by atoms with E-state index >= 15 is 0 Å². The molecule has 2 N–H and O–H groups in total. The zero-order valence-corrected chi connectivity index (χ0v) is 14.7. The lowest BCUT2D eigenvalue weighted by molar-refractivity contribution is 0.266. The first-order chi connectivity index (χ1) is 9.23. The van der Waals surface area contributed by atoms with Crippen molar-refractivity contribution >= 4 is 26.0 Å². The smallest absolute Gasteiger partial charge is 0.243 e. The summed E-state index contributed by atoms with van der Waals surface area (Å²) in [4.78, 5) is 0.321. The van der Waals surface area contributed by atoms with Crippen molar-refractivity contribution < 1.29 is 8.42 Å². The van der Waals surface area contributed by atoms with Crippen LogP contribution in [0.25, 0.3) is 0 Å². The lowest BCUT2D eigenvalue weighted by atomic mass is 9.94. The maximum Gasteiger partial charge on any atom is 0.243 e. The second kappa shape index (κ2) is 7.02. The third-order valence-electron chi connectivity index (χ3n) is 3.08. The number of nitrogens with zero attached hydrogens (tertiary/aromatic N) is 1. The van der Waals surface area contributed by atoms with E-state index in [1.54, 1.807) is 24.3 Å². The minimum absolute atomic E-state index is 0.238. The monoisotopic (exact) mass is 362 g/mol. The summed E-state index contributed by atoms with van der Waals surface area (Å²) in [5.74, 6) is 0. The number of nitrogens with two attached hydrogens (primary N) is 1. The molecule has 0 radical (unpaired) electrons. The quantitative estimate of drug-likeness (QED) is 0.810. The van der Waals surface area contributed by atoms with Gasteiger partial charge in [0.2, 0.25) is 10.0 Å². The summed E-state index contributed by atoms with van der Waals surface area (Å²) in [7, 11) is -3.47. The lowest BCUT2D eigenvalue weighted by Gasteiger charge is -2.31. The normalized spacial score (nSPS) is 12.9. The standard InChI is InChI=1S/C14H23BrN2O2S/c1-4-9-17(11-14(2,3)10-16)20(18,19)13-7-5-12(15)6-8-13/h5-8H,4,9-11,16H2,1-3H3. The summed E-state index contributed by atoms with van der Waals surface area (Å²) in [6.45, 7) is 7.31. The lowest BCUT2D eigenvalue weighted by Crippen LogP contribution is -2.42. The van der Waals surface area contributed by atoms with E-state index in [-0.39, 0.29) is 5.41 Å². The molecule has 4 nitrogen and oxygen atoms in total. The molecular weight excluding hydrogens is 340 g/mol. The molecule has 6 heteroatoms. The van der Waals surface area contributed by atoms with Crippen LogP contribution in [0.15, 0.2) is 33.6 Å². The molecular formula is C14H23BrN2O2S. The number of hydrogen-bond donors (Lipinski definition) is 1. The minimum atomic E-state index is -3.47. The number of hydrogen-bond acceptors (Lipinski definition) is 3. The summed E-state index contributed by atoms with van der Waals surface area (Å²) in [6.07, 6.45) is 0.774. The zero-order valence-electron chi connectivity index (χ0n) is 12.3. The van der Waals surface area contributed by atoms with Crippen LogP contribution >= 0.6 is 15.9 Å². The van der Waals surface area contributed by atoms with Crippen molar-refractivity contribution in [1.29, 1.82) is 0 Å². The van der Waals surface area contributed by atoms with E-state index in [0.717, 1.165) is 10.9 Å². The SMILES string of the molecule is CCCN(CC(C)(C)CN)S(=O)(=O)c1ccc(Br)cc1. The number of sulfonamides is 1. The van der Waals surface area contributed by atoms with Crippen molar-refractivity contribution in [1.82, 2.24) is 4.31 Å². The number of halogens is 1. The highest BCUT2D eigenvalue weighted by atomic mass is 79.9. The van der Waals surface area contributed by atoms with Crippen LogP contribution in [0, 0.1) is 5.41 Å². The Hall–Kier alpha value is -0.430. The molecule has 0 unspecified atom stereocenters. The summed E-state index contributed by atoms with van der Waals surface area (Å²) < 4.78 is 27.8. The molecule has 1 aromatic rings. The van der Waals surface area contributed by atoms with Gasteiger partial charge in [0, 0.05) is 17.6 Å². The van der Waals surface area contributed by atoms with Gasteiger partial charge in [-0.1, -0.05) is 36.7 Å². The van der Waals surface area contributed by atoms with E-state index in [2.05, 4.69) is 15.9 Å². The van der Waals surface area contributed by atoms with Crippen LogP contribution in [-0.4, -0.2) is 32.4 Å². The predicted molar refractivity (Wildman–Crippen MR) is 86.0 cm³/mol. The highest BCUT2D eigenvalue weighted by Gasteiger charge is 2.29. The van der Waals surface area contributed by atoms with E-state index in [0.29, 0.717) is 24.5 Å². The van der Waals surface area contributed by atoms with Crippen LogP contribution in [0.3, 0.4) is 0 Å². The Morgan fingerprint density at radius 3 is 2.25 bits per heavy atom. The fraction of sp³-hybridized carbons (Fsp3) is 0.571. The van der Waals surface area contributed by atoms with Crippen molar-refractivity contribution in [2.24, 2.45) is 11.1 Å². The molecule has 1 aromatic carbocycles. The molecule has 0 saturated carbocycles. The average Bonchev–Trinajstić information content (AvgIpc) is 2.38. The Morgan fingerprint density at radius 2 is 1.80 bits per heavy atom. The number of benzene rings is 1. The first-order valence-corrected chi connectivity index (χ1v) is 8.92. The van der Waals surface area contributed by atoms with Crippen molar-refractivity contribution in [2.45, 2.75) is 32.1 Å². The number of rotatable bonds is 7. The van der Waals surface area contributed by atoms with Gasteiger partial charge in [0.25, 0.3) is 0 Å². The molecule has 20 heavy (non-hydrogen) atoms. The summed E-state index contributed by atoms with van der Waals surface area (Å²) in [5.41, 5.74) is 5.49. The maximum absolute atomic E-state index is 12.7. The average molecular weight is 363 g/mol. The van der Waals surface area contributed by atoms with Crippen molar-refractivity contribution in [3.05, 3.63) is 28.7 Å². The van der Waals surface area contributed by atoms with Gasteiger partial charge in [0.1, 0.15) is 0 Å². The zero-order chi connectivity index (χ0) is 15.4. The van der Waals surface area contributed by atoms with Gasteiger partial charge >= 0.3 is 0 Å². The molecule has 0 spiro atoms. The summed E-state index contributed by atoms with van der Waals surface area (Å²) >= 11 is 3.32. The Morgan fingerprint density at radius 1 is 1.25 bits per heavy atom. The molecule has 114 valence electrons. The van der Waals surface area contributed by atoms with Gasteiger partial charge in [-0.3, -0.25) is 0 Å². The van der Waals surface area contributed by atoms with Gasteiger partial charge in [-0.15, -0.1) is 0 Å². The van der Waals surface area contributed by atoms with E-state index in [1.807, 2.05) is 20.8 Å². The molecule has 0 aliphatic heterocycles. The Bertz CT molecular complexity index is 527. The molecule has 0 amide bonds. The molecule has 0 fully saturated rings. The van der Waals surface area contributed by atoms with Crippen LogP contribution in [-0.2, 0) is 10.0 Å². The van der Waals surface area contributed by atoms with E-state index < -0.39 is 10.0 Å². The first-order valence-electron chi connectivity index (χ1n) is 6.69. The molecule has 0 aliphatic carbocycles. The molecule has 1 rings (SSSR count). The van der Waals surface area contributed by atoms with Crippen molar-refractivity contribution in [2.75, 3.05) is 19.6 Å². The fourth-order valence-electron chi connectivity index (χ4n) is 1.83. The van der Waals surface area contributed by atoms with Gasteiger partial charge < -0.3 is 5.73 Å². The molecule has 0 saturated heterocycles. The second-order valence-corrected chi connectivity index (χ2v) is 8.51. The fourth-order valence-corrected chi connectivity index (χ4v) is 3.82. The topological polar surface area (TPSA) is 63.4 Å². The highest BCUT2D eigenvalue weighted by Crippen LogP contribution is 2.23. The van der Waals surface area contributed by atoms with Gasteiger partial charge in [0.05, 0.1) is 4.90 Å². The van der Waals surface area contributed by atoms with E-state index in [4.69, 9.17) is 5.73 Å². The molecule has 0 aliphatic rings. The minimum Gasteiger partial charge on any atom is -0.330 e. The van der Waals surface area contributed by atoms with Crippen LogP contribution < -0.4 is 5.73 Å². The third kappa shape index (κ3) is 4.55. The maximum atomic E-state index is 12.7. The third-order valence-corrected chi connectivity index (χ3v) is 5.47. The van der Waals surface area contributed by atoms with Crippen LogP contribution in [0.2, 0.25) is 0 Å². The molecule has 0 bridgehead atoms. The highest BCUT2D eigenvalue weighted by molar-refractivity contribution is 9.10. The largest absolute Gasteiger partial charge is 0.330 e. The van der Waals surface area contributed by atoms with E-state index in [1.165, 1.54) is 4.31 Å².